The van der Waals surface area contributed by atoms with Crippen molar-refractivity contribution in [2.24, 2.45) is 0 Å². The topological polar surface area (TPSA) is 65.0 Å². The number of rotatable bonds is 6. The maximum Gasteiger partial charge on any atom is 0.314 e. The maximum absolute atomic E-state index is 11.5. The van der Waals surface area contributed by atoms with Crippen LogP contribution in [0.5, 0.6) is 11.5 Å². The highest BCUT2D eigenvalue weighted by Crippen LogP contribution is 2.52. The third kappa shape index (κ3) is 2.26. The lowest BCUT2D eigenvalue weighted by Crippen LogP contribution is -2.20. The fraction of sp³-hybridized carbons (Fsp3) is 0.500. The zero-order valence-electron chi connectivity index (χ0n) is 11.4. The third-order valence-corrected chi connectivity index (χ3v) is 3.58. The van der Waals surface area contributed by atoms with E-state index in [0.717, 1.165) is 5.56 Å². The molecule has 1 fully saturated rings. The number of ether oxygens (including phenoxy) is 3. The van der Waals surface area contributed by atoms with Gasteiger partial charge in [0.25, 0.3) is 0 Å². The molecule has 0 saturated heterocycles. The molecule has 0 amide bonds. The lowest BCUT2D eigenvalue weighted by Gasteiger charge is -2.18. The summed E-state index contributed by atoms with van der Waals surface area (Å²) in [6.45, 7) is 0.371. The minimum atomic E-state index is -0.806. The minimum absolute atomic E-state index is 0.371. The maximum atomic E-state index is 11.5. The van der Waals surface area contributed by atoms with E-state index in [2.05, 4.69) is 0 Å². The molecule has 0 radical (unpaired) electrons. The van der Waals surface area contributed by atoms with E-state index in [0.29, 0.717) is 36.5 Å². The van der Waals surface area contributed by atoms with Crippen LogP contribution in [0.3, 0.4) is 0 Å². The van der Waals surface area contributed by atoms with Gasteiger partial charge >= 0.3 is 5.97 Å². The molecule has 0 aliphatic heterocycles. The molecule has 0 aromatic heterocycles. The predicted molar refractivity (Wildman–Crippen MR) is 68.8 cm³/mol. The Hall–Kier alpha value is -1.75. The molecule has 2 rings (SSSR count). The van der Waals surface area contributed by atoms with Crippen LogP contribution in [-0.4, -0.2) is 32.4 Å². The summed E-state index contributed by atoms with van der Waals surface area (Å²) in [4.78, 5) is 11.5. The largest absolute Gasteiger partial charge is 0.496 e. The summed E-state index contributed by atoms with van der Waals surface area (Å²) in [5.74, 6) is 0.388. The second-order valence-corrected chi connectivity index (χ2v) is 4.68. The number of hydrogen-bond donors (Lipinski definition) is 1. The molecular formula is C14H18O5. The summed E-state index contributed by atoms with van der Waals surface area (Å²) < 4.78 is 15.7. The van der Waals surface area contributed by atoms with Gasteiger partial charge in [0.15, 0.2) is 0 Å². The Morgan fingerprint density at radius 2 is 1.84 bits per heavy atom. The highest BCUT2D eigenvalue weighted by atomic mass is 16.5. The standard InChI is InChI=1S/C14H18O5/c1-17-8-9-6-10(14(4-5-14)13(15)16)12(19-3)7-11(9)18-2/h6-7H,4-5,8H2,1-3H3,(H,15,16). The first kappa shape index (κ1) is 13.7. The first-order valence-electron chi connectivity index (χ1n) is 6.06. The molecule has 0 bridgehead atoms. The zero-order chi connectivity index (χ0) is 14.0. The van der Waals surface area contributed by atoms with E-state index in [9.17, 15) is 9.90 Å². The molecule has 5 nitrogen and oxygen atoms in total. The Labute approximate surface area is 112 Å². The molecule has 1 aliphatic carbocycles. The average molecular weight is 266 g/mol. The van der Waals surface area contributed by atoms with E-state index in [4.69, 9.17) is 14.2 Å². The number of hydrogen-bond acceptors (Lipinski definition) is 4. The van der Waals surface area contributed by atoms with E-state index in [1.54, 1.807) is 20.3 Å². The Morgan fingerprint density at radius 1 is 1.21 bits per heavy atom. The van der Waals surface area contributed by atoms with Crippen LogP contribution >= 0.6 is 0 Å². The Morgan fingerprint density at radius 3 is 2.26 bits per heavy atom. The molecule has 104 valence electrons. The van der Waals surface area contributed by atoms with Gasteiger partial charge in [-0.2, -0.15) is 0 Å². The summed E-state index contributed by atoms with van der Waals surface area (Å²) in [5, 5.41) is 9.41. The van der Waals surface area contributed by atoms with Gasteiger partial charge in [-0.25, -0.2) is 0 Å². The minimum Gasteiger partial charge on any atom is -0.496 e. The van der Waals surface area contributed by atoms with E-state index < -0.39 is 11.4 Å². The molecule has 19 heavy (non-hydrogen) atoms. The van der Waals surface area contributed by atoms with Crippen molar-refractivity contribution in [2.45, 2.75) is 24.9 Å². The molecule has 1 aromatic carbocycles. The second-order valence-electron chi connectivity index (χ2n) is 4.68. The van der Waals surface area contributed by atoms with Crippen molar-refractivity contribution < 1.29 is 24.1 Å². The van der Waals surface area contributed by atoms with Gasteiger partial charge in [0, 0.05) is 24.3 Å². The average Bonchev–Trinajstić information content (AvgIpc) is 3.20. The number of carboxylic acids is 1. The lowest BCUT2D eigenvalue weighted by molar-refractivity contribution is -0.140. The Balaban J connectivity index is 2.53. The quantitative estimate of drug-likeness (QED) is 0.852. The fourth-order valence-electron chi connectivity index (χ4n) is 2.33. The molecule has 0 atom stereocenters. The van der Waals surface area contributed by atoms with Crippen molar-refractivity contribution in [3.63, 3.8) is 0 Å². The van der Waals surface area contributed by atoms with Crippen LogP contribution in [0.2, 0.25) is 0 Å². The monoisotopic (exact) mass is 266 g/mol. The van der Waals surface area contributed by atoms with Gasteiger partial charge in [-0.1, -0.05) is 0 Å². The van der Waals surface area contributed by atoms with E-state index >= 15 is 0 Å². The normalized spacial score (nSPS) is 15.9. The van der Waals surface area contributed by atoms with Crippen molar-refractivity contribution in [2.75, 3.05) is 21.3 Å². The first-order valence-corrected chi connectivity index (χ1v) is 6.06. The smallest absolute Gasteiger partial charge is 0.314 e. The van der Waals surface area contributed by atoms with Crippen LogP contribution in [0.4, 0.5) is 0 Å². The van der Waals surface area contributed by atoms with Gasteiger partial charge in [-0.15, -0.1) is 0 Å². The second kappa shape index (κ2) is 5.09. The van der Waals surface area contributed by atoms with E-state index in [-0.39, 0.29) is 0 Å². The van der Waals surface area contributed by atoms with Crippen LogP contribution in [-0.2, 0) is 21.6 Å². The zero-order valence-corrected chi connectivity index (χ0v) is 11.4. The van der Waals surface area contributed by atoms with Gasteiger partial charge in [0.1, 0.15) is 11.5 Å². The Kier molecular flexibility index (Phi) is 3.66. The van der Waals surface area contributed by atoms with Crippen LogP contribution in [0.25, 0.3) is 0 Å². The van der Waals surface area contributed by atoms with Gasteiger partial charge in [-0.05, 0) is 18.9 Å². The van der Waals surface area contributed by atoms with Crippen molar-refractivity contribution in [3.8, 4) is 11.5 Å². The van der Waals surface area contributed by atoms with Crippen molar-refractivity contribution >= 4 is 5.97 Å². The van der Waals surface area contributed by atoms with Crippen molar-refractivity contribution in [3.05, 3.63) is 23.3 Å². The lowest BCUT2D eigenvalue weighted by atomic mass is 9.93. The number of carboxylic acid groups (broad SMARTS) is 1. The highest BCUT2D eigenvalue weighted by molar-refractivity contribution is 5.86. The number of aliphatic carboxylic acids is 1. The fourth-order valence-corrected chi connectivity index (χ4v) is 2.33. The van der Waals surface area contributed by atoms with Crippen LogP contribution < -0.4 is 9.47 Å². The molecular weight excluding hydrogens is 248 g/mol. The molecule has 0 unspecified atom stereocenters. The molecule has 1 N–H and O–H groups in total. The SMILES string of the molecule is COCc1cc(C2(C(=O)O)CC2)c(OC)cc1OC. The number of benzene rings is 1. The first-order chi connectivity index (χ1) is 9.08. The van der Waals surface area contributed by atoms with Gasteiger partial charge in [0.05, 0.1) is 26.2 Å². The Bertz CT molecular complexity index is 491. The van der Waals surface area contributed by atoms with Crippen molar-refractivity contribution in [1.29, 1.82) is 0 Å². The molecule has 0 spiro atoms. The molecule has 1 saturated carbocycles. The highest BCUT2D eigenvalue weighted by Gasteiger charge is 2.53. The van der Waals surface area contributed by atoms with Crippen LogP contribution in [0, 0.1) is 0 Å². The summed E-state index contributed by atoms with van der Waals surface area (Å²) in [7, 11) is 4.69. The summed E-state index contributed by atoms with van der Waals surface area (Å²) in [5.41, 5.74) is 0.726. The van der Waals surface area contributed by atoms with Crippen molar-refractivity contribution in [1.82, 2.24) is 0 Å². The summed E-state index contributed by atoms with van der Waals surface area (Å²) in [6, 6.07) is 3.55. The van der Waals surface area contributed by atoms with Gasteiger partial charge < -0.3 is 19.3 Å². The molecule has 5 heteroatoms. The number of carbonyl (C=O) groups is 1. The van der Waals surface area contributed by atoms with Gasteiger partial charge in [0.2, 0.25) is 0 Å². The summed E-state index contributed by atoms with van der Waals surface area (Å²) >= 11 is 0. The number of methoxy groups -OCH3 is 3. The molecule has 1 aromatic rings. The summed E-state index contributed by atoms with van der Waals surface area (Å²) in [6.07, 6.45) is 1.27. The van der Waals surface area contributed by atoms with Crippen LogP contribution in [0.1, 0.15) is 24.0 Å². The molecule has 0 heterocycles. The molecule has 1 aliphatic rings. The third-order valence-electron chi connectivity index (χ3n) is 3.58. The van der Waals surface area contributed by atoms with E-state index in [1.165, 1.54) is 7.11 Å². The predicted octanol–water partition coefficient (Wildman–Crippen LogP) is 1.97. The van der Waals surface area contributed by atoms with E-state index in [1.807, 2.05) is 6.07 Å². The van der Waals surface area contributed by atoms with Crippen LogP contribution in [0.15, 0.2) is 12.1 Å². The van der Waals surface area contributed by atoms with Gasteiger partial charge in [-0.3, -0.25) is 4.79 Å².